The molecule has 9 heteroatoms. The zero-order valence-corrected chi connectivity index (χ0v) is 9.82. The molecule has 2 N–H and O–H groups in total. The van der Waals surface area contributed by atoms with Crippen molar-refractivity contribution in [3.63, 3.8) is 0 Å². The number of hydrogen-bond acceptors (Lipinski definition) is 4. The number of aromatic carboxylic acids is 1. The van der Waals surface area contributed by atoms with Crippen molar-refractivity contribution in [1.82, 2.24) is 0 Å². The molecule has 0 saturated heterocycles. The molecule has 0 aliphatic rings. The molecule has 1 heterocycles. The van der Waals surface area contributed by atoms with E-state index in [1.807, 2.05) is 5.32 Å². The molecular formula is C9H8F3NO4S. The van der Waals surface area contributed by atoms with Crippen LogP contribution in [0.5, 0.6) is 0 Å². The highest BCUT2D eigenvalue weighted by atomic mass is 32.1. The first-order valence-corrected chi connectivity index (χ1v) is 5.35. The largest absolute Gasteiger partial charge is 0.478 e. The number of halogens is 3. The molecule has 0 aliphatic carbocycles. The molecule has 100 valence electrons. The topological polar surface area (TPSA) is 75.6 Å². The van der Waals surface area contributed by atoms with Gasteiger partial charge in [-0.15, -0.1) is 11.3 Å². The van der Waals surface area contributed by atoms with Crippen LogP contribution in [0.15, 0.2) is 6.07 Å². The van der Waals surface area contributed by atoms with Crippen LogP contribution in [-0.4, -0.2) is 30.0 Å². The Morgan fingerprint density at radius 3 is 2.61 bits per heavy atom. The first-order valence-electron chi connectivity index (χ1n) is 4.53. The normalized spacial score (nSPS) is 11.1. The van der Waals surface area contributed by atoms with Gasteiger partial charge in [-0.25, -0.2) is 9.59 Å². The van der Waals surface area contributed by atoms with Gasteiger partial charge in [-0.2, -0.15) is 13.2 Å². The summed E-state index contributed by atoms with van der Waals surface area (Å²) in [7, 11) is 0. The van der Waals surface area contributed by atoms with Crippen molar-refractivity contribution in [2.45, 2.75) is 13.1 Å². The second kappa shape index (κ2) is 5.25. The van der Waals surface area contributed by atoms with Crippen LogP contribution in [0.1, 0.15) is 15.2 Å². The third-order valence-corrected chi connectivity index (χ3v) is 2.63. The number of carboxylic acids is 1. The molecule has 1 rings (SSSR count). The minimum atomic E-state index is -4.63. The molecule has 5 nitrogen and oxygen atoms in total. The number of rotatable bonds is 3. The van der Waals surface area contributed by atoms with Gasteiger partial charge in [-0.3, -0.25) is 5.32 Å². The maximum Gasteiger partial charge on any atom is 0.422 e. The molecule has 0 atom stereocenters. The minimum Gasteiger partial charge on any atom is -0.478 e. The Balaban J connectivity index is 2.67. The number of carbonyl (C=O) groups is 2. The monoisotopic (exact) mass is 283 g/mol. The Labute approximate surface area is 103 Å². The van der Waals surface area contributed by atoms with Crippen LogP contribution in [0, 0.1) is 6.92 Å². The summed E-state index contributed by atoms with van der Waals surface area (Å²) < 4.78 is 39.2. The fraction of sp³-hybridized carbons (Fsp3) is 0.333. The molecule has 1 aromatic rings. The maximum absolute atomic E-state index is 11.8. The van der Waals surface area contributed by atoms with Gasteiger partial charge in [0.25, 0.3) is 0 Å². The van der Waals surface area contributed by atoms with Crippen molar-refractivity contribution in [3.8, 4) is 0 Å². The number of carbonyl (C=O) groups excluding carboxylic acids is 1. The molecular weight excluding hydrogens is 275 g/mol. The van der Waals surface area contributed by atoms with Gasteiger partial charge in [0, 0.05) is 4.88 Å². The lowest BCUT2D eigenvalue weighted by atomic mass is 10.3. The minimum absolute atomic E-state index is 0.0628. The summed E-state index contributed by atoms with van der Waals surface area (Å²) in [4.78, 5) is 22.4. The number of hydrogen-bond donors (Lipinski definition) is 2. The standard InChI is InChI=1S/C9H8F3NO4S/c1-4-2-5(7(14)15)6(18-4)13-8(16)17-3-9(10,11)12/h2H,3H2,1H3,(H,13,16)(H,14,15). The van der Waals surface area contributed by atoms with Gasteiger partial charge in [0.1, 0.15) is 5.00 Å². The van der Waals surface area contributed by atoms with Crippen LogP contribution in [-0.2, 0) is 4.74 Å². The fourth-order valence-electron chi connectivity index (χ4n) is 1.04. The van der Waals surface area contributed by atoms with E-state index < -0.39 is 24.8 Å². The molecule has 0 fully saturated rings. The van der Waals surface area contributed by atoms with Crippen molar-refractivity contribution in [3.05, 3.63) is 16.5 Å². The quantitative estimate of drug-likeness (QED) is 0.894. The molecule has 0 spiro atoms. The summed E-state index contributed by atoms with van der Waals surface area (Å²) in [6, 6.07) is 1.30. The van der Waals surface area contributed by atoms with Crippen molar-refractivity contribution >= 4 is 28.4 Å². The maximum atomic E-state index is 11.8. The van der Waals surface area contributed by atoms with Crippen LogP contribution in [0.25, 0.3) is 0 Å². The first kappa shape index (κ1) is 14.3. The van der Waals surface area contributed by atoms with Crippen LogP contribution in [0.4, 0.5) is 23.0 Å². The van der Waals surface area contributed by atoms with E-state index in [1.165, 1.54) is 6.07 Å². The Morgan fingerprint density at radius 2 is 2.11 bits per heavy atom. The van der Waals surface area contributed by atoms with Gasteiger partial charge in [0.15, 0.2) is 6.61 Å². The molecule has 0 aliphatic heterocycles. The number of nitrogens with one attached hydrogen (secondary N) is 1. The molecule has 0 aromatic carbocycles. The smallest absolute Gasteiger partial charge is 0.422 e. The molecule has 18 heavy (non-hydrogen) atoms. The highest BCUT2D eigenvalue weighted by molar-refractivity contribution is 7.16. The molecule has 1 aromatic heterocycles. The lowest BCUT2D eigenvalue weighted by Gasteiger charge is -2.08. The number of amides is 1. The van der Waals surface area contributed by atoms with Gasteiger partial charge >= 0.3 is 18.2 Å². The number of thiophene rings is 1. The third kappa shape index (κ3) is 4.24. The van der Waals surface area contributed by atoms with E-state index in [0.29, 0.717) is 4.88 Å². The predicted molar refractivity (Wildman–Crippen MR) is 57.0 cm³/mol. The number of ether oxygens (including phenoxy) is 1. The van der Waals surface area contributed by atoms with Gasteiger partial charge in [-0.05, 0) is 13.0 Å². The van der Waals surface area contributed by atoms with Gasteiger partial charge in [-0.1, -0.05) is 0 Å². The summed E-state index contributed by atoms with van der Waals surface area (Å²) >= 11 is 0.930. The molecule has 0 unspecified atom stereocenters. The van der Waals surface area contributed by atoms with Gasteiger partial charge in [0.05, 0.1) is 5.56 Å². The van der Waals surface area contributed by atoms with Gasteiger partial charge in [0.2, 0.25) is 0 Å². The Hall–Kier alpha value is -1.77. The Bertz CT molecular complexity index is 469. The van der Waals surface area contributed by atoms with E-state index in [0.717, 1.165) is 11.3 Å². The Morgan fingerprint density at radius 1 is 1.50 bits per heavy atom. The molecule has 1 amide bonds. The SMILES string of the molecule is Cc1cc(C(=O)O)c(NC(=O)OCC(F)(F)F)s1. The van der Waals surface area contributed by atoms with E-state index in [1.54, 1.807) is 6.92 Å². The number of aryl methyl sites for hydroxylation is 1. The van der Waals surface area contributed by atoms with E-state index in [9.17, 15) is 22.8 Å². The lowest BCUT2D eigenvalue weighted by molar-refractivity contribution is -0.159. The molecule has 0 radical (unpaired) electrons. The van der Waals surface area contributed by atoms with Crippen molar-refractivity contribution in [2.75, 3.05) is 11.9 Å². The van der Waals surface area contributed by atoms with E-state index in [2.05, 4.69) is 4.74 Å². The highest BCUT2D eigenvalue weighted by Gasteiger charge is 2.30. The van der Waals surface area contributed by atoms with Crippen molar-refractivity contribution < 1.29 is 32.6 Å². The Kier molecular flexibility index (Phi) is 4.17. The predicted octanol–water partition coefficient (Wildman–Crippen LogP) is 2.87. The number of carboxylic acid groups (broad SMARTS) is 1. The number of anilines is 1. The highest BCUT2D eigenvalue weighted by Crippen LogP contribution is 2.27. The van der Waals surface area contributed by atoms with E-state index >= 15 is 0 Å². The second-order valence-corrected chi connectivity index (χ2v) is 4.48. The summed E-state index contributed by atoms with van der Waals surface area (Å²) in [5.74, 6) is -1.29. The van der Waals surface area contributed by atoms with Crippen LogP contribution in [0.2, 0.25) is 0 Å². The van der Waals surface area contributed by atoms with E-state index in [-0.39, 0.29) is 10.6 Å². The zero-order chi connectivity index (χ0) is 13.9. The average Bonchev–Trinajstić information content (AvgIpc) is 2.55. The molecule has 0 bridgehead atoms. The van der Waals surface area contributed by atoms with Gasteiger partial charge < -0.3 is 9.84 Å². The van der Waals surface area contributed by atoms with Crippen molar-refractivity contribution in [1.29, 1.82) is 0 Å². The van der Waals surface area contributed by atoms with Crippen molar-refractivity contribution in [2.24, 2.45) is 0 Å². The molecule has 0 saturated carbocycles. The zero-order valence-electron chi connectivity index (χ0n) is 9.00. The van der Waals surface area contributed by atoms with Crippen LogP contribution < -0.4 is 5.32 Å². The number of alkyl halides is 3. The summed E-state index contributed by atoms with van der Waals surface area (Å²) in [6.07, 6.45) is -5.98. The van der Waals surface area contributed by atoms with Crippen LogP contribution in [0.3, 0.4) is 0 Å². The second-order valence-electron chi connectivity index (χ2n) is 3.22. The van der Waals surface area contributed by atoms with Crippen LogP contribution >= 0.6 is 11.3 Å². The first-order chi connectivity index (χ1) is 8.19. The summed E-state index contributed by atoms with van der Waals surface area (Å²) in [6.45, 7) is -0.130. The third-order valence-electron chi connectivity index (χ3n) is 1.67. The lowest BCUT2D eigenvalue weighted by Crippen LogP contribution is -2.23. The summed E-state index contributed by atoms with van der Waals surface area (Å²) in [5.41, 5.74) is -0.193. The fourth-order valence-corrected chi connectivity index (χ4v) is 1.93. The summed E-state index contributed by atoms with van der Waals surface area (Å²) in [5, 5.41) is 10.7. The van der Waals surface area contributed by atoms with E-state index in [4.69, 9.17) is 5.11 Å². The average molecular weight is 283 g/mol.